The monoisotopic (exact) mass is 462 g/mol. The van der Waals surface area contributed by atoms with Crippen LogP contribution in [0.25, 0.3) is 0 Å². The molecule has 0 unspecified atom stereocenters. The van der Waals surface area contributed by atoms with Crippen LogP contribution in [-0.2, 0) is 0 Å². The molecule has 0 N–H and O–H groups in total. The smallest absolute Gasteiger partial charge is 0.199 e. The molecule has 0 bridgehead atoms. The van der Waals surface area contributed by atoms with Gasteiger partial charge in [-0.1, -0.05) is 60.7 Å². The summed E-state index contributed by atoms with van der Waals surface area (Å²) in [4.78, 5) is 7.40. The fourth-order valence-corrected chi connectivity index (χ4v) is 10.4. The minimum absolute atomic E-state index is 0.985. The van der Waals surface area contributed by atoms with Gasteiger partial charge in [0.15, 0.2) is 13.8 Å². The Morgan fingerprint density at radius 2 is 1.41 bits per heavy atom. The van der Waals surface area contributed by atoms with Gasteiger partial charge >= 0.3 is 0 Å². The quantitative estimate of drug-likeness (QED) is 0.320. The van der Waals surface area contributed by atoms with Gasteiger partial charge in [0.1, 0.15) is 13.1 Å². The molecule has 5 rings (SSSR count). The summed E-state index contributed by atoms with van der Waals surface area (Å²) >= 11 is 0. The van der Waals surface area contributed by atoms with Gasteiger partial charge in [0, 0.05) is 31.9 Å². The van der Waals surface area contributed by atoms with Crippen LogP contribution >= 0.6 is 0 Å². The molecule has 0 atom stereocenters. The van der Waals surface area contributed by atoms with E-state index in [1.54, 1.807) is 0 Å². The van der Waals surface area contributed by atoms with E-state index in [0.717, 1.165) is 24.5 Å². The van der Waals surface area contributed by atoms with Gasteiger partial charge in [0.25, 0.3) is 0 Å². The highest BCUT2D eigenvalue weighted by atomic mass is 28.3. The van der Waals surface area contributed by atoms with E-state index in [2.05, 4.69) is 135 Å². The lowest BCUT2D eigenvalue weighted by atomic mass is 10.1. The highest BCUT2D eigenvalue weighted by Gasteiger charge is 2.49. The molecule has 3 nitrogen and oxygen atoms in total. The molecule has 0 radical (unpaired) electrons. The Morgan fingerprint density at radius 3 is 1.97 bits per heavy atom. The lowest BCUT2D eigenvalue weighted by Gasteiger charge is -2.40. The van der Waals surface area contributed by atoms with E-state index in [-0.39, 0.29) is 0 Å². The fraction of sp³-hybridized carbons (Fsp3) is 0.200. The van der Waals surface area contributed by atoms with Gasteiger partial charge in [-0.2, -0.15) is 0 Å². The first-order chi connectivity index (χ1) is 16.6. The average Bonchev–Trinajstić information content (AvgIpc) is 2.89. The molecule has 0 saturated carbocycles. The summed E-state index contributed by atoms with van der Waals surface area (Å²) in [6.07, 6.45) is 6.91. The van der Waals surface area contributed by atoms with Crippen molar-refractivity contribution in [3.8, 4) is 0 Å². The van der Waals surface area contributed by atoms with Crippen molar-refractivity contribution in [3.63, 3.8) is 0 Å². The number of anilines is 1. The van der Waals surface area contributed by atoms with E-state index in [0.29, 0.717) is 0 Å². The average molecular weight is 463 g/mol. The van der Waals surface area contributed by atoms with Crippen molar-refractivity contribution >= 4 is 46.4 Å². The topological polar surface area (TPSA) is 18.6 Å². The number of hydrogen-bond acceptors (Lipinski definition) is 2. The zero-order chi connectivity index (χ0) is 23.7. The van der Waals surface area contributed by atoms with Gasteiger partial charge in [-0.05, 0) is 58.9 Å². The standard InChI is InChI=1S/C30H32N3Si/c1-5-33(6-2)24-18-20-28-30(22-24)34(25-13-9-7-10-14-25,26-15-11-8-12-16-26)29-21-23(32(3)4)17-19-27(29)31-28/h7-22H,5-6H2,1-4H3/q+1. The number of aliphatic imine (C=N–C) groups is 1. The maximum absolute atomic E-state index is 5.21. The van der Waals surface area contributed by atoms with Crippen LogP contribution in [0.3, 0.4) is 0 Å². The van der Waals surface area contributed by atoms with Crippen LogP contribution < -0.4 is 20.5 Å². The number of hydrogen-bond donors (Lipinski definition) is 0. The van der Waals surface area contributed by atoms with E-state index >= 15 is 0 Å². The Bertz CT molecular complexity index is 1290. The van der Waals surface area contributed by atoms with E-state index < -0.39 is 8.07 Å². The van der Waals surface area contributed by atoms with Crippen LogP contribution in [0.2, 0.25) is 0 Å². The predicted molar refractivity (Wildman–Crippen MR) is 149 cm³/mol. The number of allylic oxidation sites excluding steroid dienone is 4. The molecule has 170 valence electrons. The Labute approximate surface area is 204 Å². The minimum Gasteiger partial charge on any atom is -0.378 e. The second kappa shape index (κ2) is 9.03. The van der Waals surface area contributed by atoms with Crippen LogP contribution in [0.5, 0.6) is 0 Å². The molecule has 34 heavy (non-hydrogen) atoms. The maximum atomic E-state index is 5.21. The summed E-state index contributed by atoms with van der Waals surface area (Å²) in [6.45, 7) is 6.42. The molecule has 4 heteroatoms. The Kier molecular flexibility index (Phi) is 5.92. The Morgan fingerprint density at radius 1 is 0.794 bits per heavy atom. The highest BCUT2D eigenvalue weighted by molar-refractivity contribution is 7.19. The summed E-state index contributed by atoms with van der Waals surface area (Å²) < 4.78 is 2.43. The third-order valence-corrected chi connectivity index (χ3v) is 11.9. The molecule has 3 aromatic rings. The van der Waals surface area contributed by atoms with E-state index in [4.69, 9.17) is 4.99 Å². The number of fused-ring (bicyclic) bond motifs is 2. The number of benzene rings is 3. The van der Waals surface area contributed by atoms with Crippen LogP contribution in [0.4, 0.5) is 11.4 Å². The Hall–Kier alpha value is -3.50. The van der Waals surface area contributed by atoms with Gasteiger partial charge in [-0.3, -0.25) is 0 Å². The normalized spacial score (nSPS) is 15.7. The molecule has 1 heterocycles. The summed E-state index contributed by atoms with van der Waals surface area (Å²) in [5.74, 6) is 0. The van der Waals surface area contributed by atoms with Crippen LogP contribution in [-0.4, -0.2) is 51.3 Å². The first-order valence-electron chi connectivity index (χ1n) is 12.1. The SMILES string of the molecule is CC[N+](CC)=C1C=CC2=Nc3ccc(N(C)C)cc3[Si](c3ccccc3)(c3ccccc3)C2=C1. The van der Waals surface area contributed by atoms with Crippen molar-refractivity contribution in [1.82, 2.24) is 0 Å². The summed E-state index contributed by atoms with van der Waals surface area (Å²) in [5, 5.41) is 5.52. The zero-order valence-electron chi connectivity index (χ0n) is 20.5. The van der Waals surface area contributed by atoms with Gasteiger partial charge < -0.3 is 4.90 Å². The molecular formula is C30H32N3Si+. The van der Waals surface area contributed by atoms with Crippen molar-refractivity contribution in [2.24, 2.45) is 4.99 Å². The van der Waals surface area contributed by atoms with Crippen molar-refractivity contribution < 1.29 is 4.58 Å². The zero-order valence-corrected chi connectivity index (χ0v) is 21.5. The van der Waals surface area contributed by atoms with Gasteiger partial charge in [0.2, 0.25) is 0 Å². The van der Waals surface area contributed by atoms with Crippen LogP contribution in [0.15, 0.2) is 107 Å². The molecule has 0 amide bonds. The van der Waals surface area contributed by atoms with Crippen molar-refractivity contribution in [2.45, 2.75) is 13.8 Å². The predicted octanol–water partition coefficient (Wildman–Crippen LogP) is 3.84. The molecule has 0 fully saturated rings. The number of nitrogens with zero attached hydrogens (tertiary/aromatic N) is 3. The Balaban J connectivity index is 1.95. The first-order valence-corrected chi connectivity index (χ1v) is 14.1. The van der Waals surface area contributed by atoms with Crippen molar-refractivity contribution in [3.05, 3.63) is 102 Å². The molecular weight excluding hydrogens is 430 g/mol. The largest absolute Gasteiger partial charge is 0.378 e. The third kappa shape index (κ3) is 3.50. The molecule has 0 aromatic heterocycles. The van der Waals surface area contributed by atoms with Crippen molar-refractivity contribution in [1.29, 1.82) is 0 Å². The lowest BCUT2D eigenvalue weighted by molar-refractivity contribution is -0.519. The first kappa shape index (κ1) is 22.3. The van der Waals surface area contributed by atoms with Crippen LogP contribution in [0, 0.1) is 0 Å². The summed E-state index contributed by atoms with van der Waals surface area (Å²) in [7, 11) is 1.62. The second-order valence-corrected chi connectivity index (χ2v) is 12.8. The van der Waals surface area contributed by atoms with Gasteiger partial charge in [-0.25, -0.2) is 9.57 Å². The molecule has 3 aromatic carbocycles. The van der Waals surface area contributed by atoms with Gasteiger partial charge in [-0.15, -0.1) is 0 Å². The minimum atomic E-state index is -2.60. The molecule has 1 aliphatic carbocycles. The molecule has 1 aliphatic heterocycles. The maximum Gasteiger partial charge on any atom is 0.199 e. The summed E-state index contributed by atoms with van der Waals surface area (Å²) in [6, 6.07) is 29.0. The van der Waals surface area contributed by atoms with Crippen LogP contribution in [0.1, 0.15) is 13.8 Å². The van der Waals surface area contributed by atoms with E-state index in [9.17, 15) is 0 Å². The molecule has 2 aliphatic rings. The van der Waals surface area contributed by atoms with E-state index in [1.165, 1.54) is 32.2 Å². The number of rotatable bonds is 5. The third-order valence-electron chi connectivity index (χ3n) is 7.07. The molecule has 0 spiro atoms. The second-order valence-electron chi connectivity index (χ2n) is 9.06. The fourth-order valence-electron chi connectivity index (χ4n) is 5.35. The van der Waals surface area contributed by atoms with Gasteiger partial charge in [0.05, 0.1) is 11.4 Å². The summed E-state index contributed by atoms with van der Waals surface area (Å²) in [5.41, 5.74) is 4.67. The molecule has 0 saturated heterocycles. The van der Waals surface area contributed by atoms with Crippen molar-refractivity contribution in [2.75, 3.05) is 32.1 Å². The van der Waals surface area contributed by atoms with E-state index in [1.807, 2.05) is 0 Å². The lowest BCUT2D eigenvalue weighted by Crippen LogP contribution is -2.71. The highest BCUT2D eigenvalue weighted by Crippen LogP contribution is 2.32.